The number of rotatable bonds is 4. The monoisotopic (exact) mass is 299 g/mol. The van der Waals surface area contributed by atoms with Gasteiger partial charge in [-0.1, -0.05) is 12.1 Å². The van der Waals surface area contributed by atoms with Crippen LogP contribution in [0, 0.1) is 6.92 Å². The van der Waals surface area contributed by atoms with Gasteiger partial charge in [-0.15, -0.1) is 0 Å². The molecule has 1 aromatic carbocycles. The summed E-state index contributed by atoms with van der Waals surface area (Å²) in [6.07, 6.45) is 1.62. The van der Waals surface area contributed by atoms with Gasteiger partial charge in [-0.25, -0.2) is 9.79 Å². The lowest BCUT2D eigenvalue weighted by molar-refractivity contribution is 0.0552. The number of aryl methyl sites for hydroxylation is 1. The van der Waals surface area contributed by atoms with E-state index < -0.39 is 12.2 Å². The van der Waals surface area contributed by atoms with Gasteiger partial charge >= 0.3 is 5.97 Å². The minimum atomic E-state index is -0.930. The van der Waals surface area contributed by atoms with E-state index in [0.29, 0.717) is 18.8 Å². The summed E-state index contributed by atoms with van der Waals surface area (Å²) in [5, 5.41) is 19.2. The number of H-pyrrole nitrogens is 1. The summed E-state index contributed by atoms with van der Waals surface area (Å²) < 4.78 is 0. The average molecular weight is 299 g/mol. The Labute approximate surface area is 127 Å². The fourth-order valence-corrected chi connectivity index (χ4v) is 2.53. The van der Waals surface area contributed by atoms with Crippen molar-refractivity contribution >= 4 is 18.1 Å². The van der Waals surface area contributed by atoms with E-state index in [4.69, 9.17) is 5.11 Å². The maximum atomic E-state index is 10.8. The van der Waals surface area contributed by atoms with Crippen molar-refractivity contribution in [2.24, 2.45) is 4.99 Å². The van der Waals surface area contributed by atoms with Crippen molar-refractivity contribution in [2.45, 2.75) is 19.6 Å². The van der Waals surface area contributed by atoms with Gasteiger partial charge in [0.25, 0.3) is 0 Å². The predicted molar refractivity (Wildman–Crippen MR) is 82.5 cm³/mol. The van der Waals surface area contributed by atoms with Gasteiger partial charge in [0.05, 0.1) is 11.9 Å². The number of aliphatic hydroxyl groups excluding tert-OH is 1. The molecule has 2 aromatic rings. The number of nitrogens with zero attached hydrogens (tertiary/aromatic N) is 2. The highest BCUT2D eigenvalue weighted by Gasteiger charge is 2.23. The molecule has 1 aliphatic rings. The zero-order chi connectivity index (χ0) is 15.7. The van der Waals surface area contributed by atoms with Gasteiger partial charge in [0, 0.05) is 17.8 Å². The molecule has 0 amide bonds. The summed E-state index contributed by atoms with van der Waals surface area (Å²) in [5.41, 5.74) is 3.03. The fraction of sp³-hybridized carbons (Fsp3) is 0.250. The molecule has 0 bridgehead atoms. The third-order valence-corrected chi connectivity index (χ3v) is 3.75. The van der Waals surface area contributed by atoms with E-state index in [2.05, 4.69) is 9.98 Å². The molecule has 22 heavy (non-hydrogen) atoms. The molecular formula is C16H17N3O3. The summed E-state index contributed by atoms with van der Waals surface area (Å²) in [5.74, 6) is -0.229. The van der Waals surface area contributed by atoms with Crippen LogP contribution in [0.25, 0.3) is 0 Å². The first-order valence-electron chi connectivity index (χ1n) is 7.04. The fourth-order valence-electron chi connectivity index (χ4n) is 2.53. The molecule has 0 saturated heterocycles. The molecule has 3 N–H and O–H groups in total. The number of hydrogen-bond acceptors (Lipinski definition) is 4. The third-order valence-electron chi connectivity index (χ3n) is 3.75. The topological polar surface area (TPSA) is 88.9 Å². The van der Waals surface area contributed by atoms with E-state index in [9.17, 15) is 9.90 Å². The van der Waals surface area contributed by atoms with Crippen LogP contribution in [0.3, 0.4) is 0 Å². The van der Waals surface area contributed by atoms with E-state index >= 15 is 0 Å². The standard InChI is InChI=1S/C16H17N3O3/c1-10-8-13-14(18-10)17-9-19(15(13)20)7-6-11-2-4-12(5-3-11)16(21)22/h2-5,8-9,15,18,20H,6-7H2,1H3,(H,21,22). The Kier molecular flexibility index (Phi) is 3.68. The van der Waals surface area contributed by atoms with Gasteiger partial charge in [0.2, 0.25) is 0 Å². The lowest BCUT2D eigenvalue weighted by Crippen LogP contribution is -2.31. The molecule has 1 atom stereocenters. The number of fused-ring (bicyclic) bond motifs is 1. The van der Waals surface area contributed by atoms with Gasteiger partial charge in [0.1, 0.15) is 5.82 Å². The maximum absolute atomic E-state index is 10.8. The first-order chi connectivity index (χ1) is 10.5. The molecule has 1 unspecified atom stereocenters. The molecule has 0 saturated carbocycles. The second-order valence-corrected chi connectivity index (χ2v) is 5.36. The Morgan fingerprint density at radius 3 is 2.77 bits per heavy atom. The molecule has 3 rings (SSSR count). The van der Waals surface area contributed by atoms with Crippen LogP contribution in [0.2, 0.25) is 0 Å². The lowest BCUT2D eigenvalue weighted by Gasteiger charge is -2.28. The second kappa shape index (κ2) is 5.65. The van der Waals surface area contributed by atoms with E-state index in [1.165, 1.54) is 0 Å². The lowest BCUT2D eigenvalue weighted by atomic mass is 10.1. The number of benzene rings is 1. The maximum Gasteiger partial charge on any atom is 0.335 e. The first-order valence-corrected chi connectivity index (χ1v) is 7.04. The molecule has 0 spiro atoms. The highest BCUT2D eigenvalue weighted by atomic mass is 16.4. The van der Waals surface area contributed by atoms with E-state index in [1.807, 2.05) is 13.0 Å². The SMILES string of the molecule is Cc1cc2c([nH]1)N=CN(CCc1ccc(C(=O)O)cc1)C2O. The molecular weight excluding hydrogens is 282 g/mol. The molecule has 6 nitrogen and oxygen atoms in total. The number of hydrogen-bond donors (Lipinski definition) is 3. The zero-order valence-corrected chi connectivity index (χ0v) is 12.2. The van der Waals surface area contributed by atoms with Crippen LogP contribution < -0.4 is 0 Å². The van der Waals surface area contributed by atoms with Crippen molar-refractivity contribution in [1.29, 1.82) is 0 Å². The number of carbonyl (C=O) groups is 1. The Hall–Kier alpha value is -2.60. The largest absolute Gasteiger partial charge is 0.478 e. The van der Waals surface area contributed by atoms with Crippen LogP contribution >= 0.6 is 0 Å². The predicted octanol–water partition coefficient (Wildman–Crippen LogP) is 2.23. The number of aromatic carboxylic acids is 1. The first kappa shape index (κ1) is 14.3. The van der Waals surface area contributed by atoms with Crippen LogP contribution in [0.15, 0.2) is 35.3 Å². The molecule has 0 radical (unpaired) electrons. The van der Waals surface area contributed by atoms with Crippen LogP contribution in [-0.4, -0.2) is 38.9 Å². The van der Waals surface area contributed by atoms with E-state index in [-0.39, 0.29) is 5.56 Å². The van der Waals surface area contributed by atoms with Crippen LogP contribution in [0.4, 0.5) is 5.82 Å². The molecule has 0 fully saturated rings. The van der Waals surface area contributed by atoms with Crippen molar-refractivity contribution in [3.63, 3.8) is 0 Å². The van der Waals surface area contributed by atoms with Crippen molar-refractivity contribution in [3.8, 4) is 0 Å². The Morgan fingerprint density at radius 2 is 2.09 bits per heavy atom. The van der Waals surface area contributed by atoms with Gasteiger partial charge in [-0.3, -0.25) is 0 Å². The van der Waals surface area contributed by atoms with E-state index in [0.717, 1.165) is 16.8 Å². The Balaban J connectivity index is 1.66. The van der Waals surface area contributed by atoms with Crippen LogP contribution in [0.5, 0.6) is 0 Å². The number of carboxylic acid groups (broad SMARTS) is 1. The summed E-state index contributed by atoms with van der Waals surface area (Å²) in [4.78, 5) is 20.0. The number of aromatic nitrogens is 1. The Morgan fingerprint density at radius 1 is 1.36 bits per heavy atom. The molecule has 2 heterocycles. The normalized spacial score (nSPS) is 16.6. The summed E-state index contributed by atoms with van der Waals surface area (Å²) in [6, 6.07) is 8.66. The Bertz CT molecular complexity index is 719. The highest BCUT2D eigenvalue weighted by molar-refractivity contribution is 5.87. The molecule has 6 heteroatoms. The van der Waals surface area contributed by atoms with Crippen molar-refractivity contribution in [2.75, 3.05) is 6.54 Å². The van der Waals surface area contributed by atoms with Crippen molar-refractivity contribution < 1.29 is 15.0 Å². The van der Waals surface area contributed by atoms with Gasteiger partial charge in [-0.2, -0.15) is 0 Å². The van der Waals surface area contributed by atoms with Gasteiger partial charge < -0.3 is 20.1 Å². The summed E-state index contributed by atoms with van der Waals surface area (Å²) >= 11 is 0. The van der Waals surface area contributed by atoms with Gasteiger partial charge in [-0.05, 0) is 37.1 Å². The zero-order valence-electron chi connectivity index (χ0n) is 12.2. The molecule has 114 valence electrons. The van der Waals surface area contributed by atoms with E-state index in [1.54, 1.807) is 35.5 Å². The number of nitrogens with one attached hydrogen (secondary N) is 1. The summed E-state index contributed by atoms with van der Waals surface area (Å²) in [7, 11) is 0. The number of aliphatic hydroxyl groups is 1. The number of aliphatic imine (C=N–C) groups is 1. The number of carboxylic acids is 1. The number of aromatic amines is 1. The van der Waals surface area contributed by atoms with Crippen LogP contribution in [0.1, 0.15) is 33.4 Å². The minimum absolute atomic E-state index is 0.274. The molecule has 0 aliphatic carbocycles. The van der Waals surface area contributed by atoms with Crippen molar-refractivity contribution in [3.05, 3.63) is 52.7 Å². The quantitative estimate of drug-likeness (QED) is 0.807. The van der Waals surface area contributed by atoms with Gasteiger partial charge in [0.15, 0.2) is 6.23 Å². The average Bonchev–Trinajstić information content (AvgIpc) is 2.88. The minimum Gasteiger partial charge on any atom is -0.478 e. The third kappa shape index (κ3) is 2.73. The summed E-state index contributed by atoms with van der Waals surface area (Å²) in [6.45, 7) is 2.52. The smallest absolute Gasteiger partial charge is 0.335 e. The van der Waals surface area contributed by atoms with Crippen molar-refractivity contribution in [1.82, 2.24) is 9.88 Å². The second-order valence-electron chi connectivity index (χ2n) is 5.36. The molecule has 1 aliphatic heterocycles. The highest BCUT2D eigenvalue weighted by Crippen LogP contribution is 2.31. The molecule has 1 aromatic heterocycles. The van der Waals surface area contributed by atoms with Crippen LogP contribution in [-0.2, 0) is 6.42 Å².